The van der Waals surface area contributed by atoms with Gasteiger partial charge in [-0.2, -0.15) is 0 Å². The summed E-state index contributed by atoms with van der Waals surface area (Å²) in [6.45, 7) is 1.73. The van der Waals surface area contributed by atoms with Crippen molar-refractivity contribution in [3.8, 4) is 0 Å². The third kappa shape index (κ3) is 7.17. The molecule has 4 heteroatoms. The lowest BCUT2D eigenvalue weighted by molar-refractivity contribution is 0.593. The summed E-state index contributed by atoms with van der Waals surface area (Å²) in [7, 11) is 0. The second-order valence-corrected chi connectivity index (χ2v) is 5.77. The molecule has 0 saturated heterocycles. The smallest absolute Gasteiger partial charge is 0.124 e. The van der Waals surface area contributed by atoms with E-state index in [0.717, 1.165) is 28.5 Å². The molecule has 17 heavy (non-hydrogen) atoms. The highest BCUT2D eigenvalue weighted by Gasteiger charge is 1.98. The van der Waals surface area contributed by atoms with Gasteiger partial charge in [0.05, 0.1) is 0 Å². The Hall–Kier alpha value is 0.0700. The van der Waals surface area contributed by atoms with E-state index in [1.807, 2.05) is 6.07 Å². The normalized spacial score (nSPS) is 10.8. The summed E-state index contributed by atoms with van der Waals surface area (Å²) in [5.74, 6) is -0.187. The van der Waals surface area contributed by atoms with Crippen molar-refractivity contribution >= 4 is 31.9 Å². The molecule has 0 aliphatic heterocycles. The van der Waals surface area contributed by atoms with Crippen LogP contribution in [0.5, 0.6) is 0 Å². The van der Waals surface area contributed by atoms with E-state index in [9.17, 15) is 4.39 Å². The van der Waals surface area contributed by atoms with E-state index in [1.165, 1.54) is 31.7 Å². The summed E-state index contributed by atoms with van der Waals surface area (Å²) >= 11 is 6.71. The maximum atomic E-state index is 13.1. The zero-order chi connectivity index (χ0) is 12.5. The van der Waals surface area contributed by atoms with E-state index in [1.54, 1.807) is 6.07 Å². The van der Waals surface area contributed by atoms with E-state index in [2.05, 4.69) is 37.2 Å². The van der Waals surface area contributed by atoms with Crippen molar-refractivity contribution in [3.63, 3.8) is 0 Å². The summed E-state index contributed by atoms with van der Waals surface area (Å²) in [5.41, 5.74) is 0.984. The molecule has 0 atom stereocenters. The van der Waals surface area contributed by atoms with Crippen LogP contribution in [0.15, 0.2) is 22.7 Å². The van der Waals surface area contributed by atoms with Gasteiger partial charge in [0.25, 0.3) is 0 Å². The average molecular weight is 367 g/mol. The first-order valence-corrected chi connectivity index (χ1v) is 7.85. The van der Waals surface area contributed by atoms with Gasteiger partial charge in [-0.1, -0.05) is 44.7 Å². The van der Waals surface area contributed by atoms with Crippen LogP contribution < -0.4 is 5.32 Å². The van der Waals surface area contributed by atoms with Crippen molar-refractivity contribution < 1.29 is 4.39 Å². The molecule has 1 N–H and O–H groups in total. The Balaban J connectivity index is 2.13. The molecule has 0 radical (unpaired) electrons. The topological polar surface area (TPSA) is 12.0 Å². The minimum absolute atomic E-state index is 0.187. The van der Waals surface area contributed by atoms with Gasteiger partial charge in [0, 0.05) is 16.3 Å². The van der Waals surface area contributed by atoms with E-state index in [4.69, 9.17) is 0 Å². The molecule has 0 aromatic heterocycles. The summed E-state index contributed by atoms with van der Waals surface area (Å²) in [4.78, 5) is 0. The fourth-order valence-corrected chi connectivity index (χ4v) is 2.55. The molecule has 0 heterocycles. The Morgan fingerprint density at radius 1 is 1.06 bits per heavy atom. The zero-order valence-electron chi connectivity index (χ0n) is 9.82. The van der Waals surface area contributed by atoms with Crippen LogP contribution in [-0.2, 0) is 6.54 Å². The molecule has 1 aromatic rings. The highest BCUT2D eigenvalue weighted by molar-refractivity contribution is 9.10. The van der Waals surface area contributed by atoms with Crippen molar-refractivity contribution in [1.29, 1.82) is 0 Å². The van der Waals surface area contributed by atoms with Gasteiger partial charge >= 0.3 is 0 Å². The number of rotatable bonds is 8. The second-order valence-electron chi connectivity index (χ2n) is 4.06. The first-order valence-electron chi connectivity index (χ1n) is 5.94. The molecular formula is C13H18Br2FN. The van der Waals surface area contributed by atoms with Crippen molar-refractivity contribution in [2.24, 2.45) is 0 Å². The van der Waals surface area contributed by atoms with E-state index in [0.29, 0.717) is 0 Å². The molecule has 0 fully saturated rings. The van der Waals surface area contributed by atoms with Gasteiger partial charge in [-0.3, -0.25) is 0 Å². The lowest BCUT2D eigenvalue weighted by Gasteiger charge is -2.05. The lowest BCUT2D eigenvalue weighted by atomic mass is 10.2. The highest BCUT2D eigenvalue weighted by atomic mass is 79.9. The van der Waals surface area contributed by atoms with Gasteiger partial charge in [0.15, 0.2) is 0 Å². The molecule has 1 nitrogen and oxygen atoms in total. The van der Waals surface area contributed by atoms with Crippen LogP contribution in [0.4, 0.5) is 4.39 Å². The number of benzene rings is 1. The Labute approximate surface area is 119 Å². The fraction of sp³-hybridized carbons (Fsp3) is 0.538. The average Bonchev–Trinajstić information content (AvgIpc) is 2.26. The molecule has 0 saturated carbocycles. The maximum Gasteiger partial charge on any atom is 0.124 e. The van der Waals surface area contributed by atoms with E-state index in [-0.39, 0.29) is 5.82 Å². The van der Waals surface area contributed by atoms with Crippen molar-refractivity contribution in [2.75, 3.05) is 11.9 Å². The summed E-state index contributed by atoms with van der Waals surface area (Å²) < 4.78 is 13.9. The number of unbranched alkanes of at least 4 members (excludes halogenated alkanes) is 3. The van der Waals surface area contributed by atoms with Crippen LogP contribution in [0.25, 0.3) is 0 Å². The zero-order valence-corrected chi connectivity index (χ0v) is 13.0. The maximum absolute atomic E-state index is 13.1. The monoisotopic (exact) mass is 365 g/mol. The van der Waals surface area contributed by atoms with Crippen molar-refractivity contribution in [1.82, 2.24) is 5.32 Å². The molecule has 0 aliphatic carbocycles. The van der Waals surface area contributed by atoms with Crippen LogP contribution in [0.1, 0.15) is 31.2 Å². The van der Waals surface area contributed by atoms with Gasteiger partial charge in [-0.15, -0.1) is 0 Å². The van der Waals surface area contributed by atoms with Gasteiger partial charge in [-0.05, 0) is 43.1 Å². The molecule has 0 spiro atoms. The van der Waals surface area contributed by atoms with E-state index >= 15 is 0 Å². The number of nitrogens with one attached hydrogen (secondary N) is 1. The quantitative estimate of drug-likeness (QED) is 0.522. The number of hydrogen-bond acceptors (Lipinski definition) is 1. The number of halogens is 3. The second kappa shape index (κ2) is 9.06. The van der Waals surface area contributed by atoms with Crippen LogP contribution in [0.2, 0.25) is 0 Å². The first kappa shape index (κ1) is 15.1. The Morgan fingerprint density at radius 3 is 2.53 bits per heavy atom. The summed E-state index contributed by atoms with van der Waals surface area (Å²) in [6.07, 6.45) is 4.96. The van der Waals surface area contributed by atoms with Crippen LogP contribution in [-0.4, -0.2) is 11.9 Å². The Bertz CT molecular complexity index is 311. The molecule has 1 aromatic carbocycles. The van der Waals surface area contributed by atoms with Gasteiger partial charge in [-0.25, -0.2) is 4.39 Å². The minimum Gasteiger partial charge on any atom is -0.313 e. The number of hydrogen-bond donors (Lipinski definition) is 1. The SMILES string of the molecule is Fc1cc(Br)cc(CNCCCCCCBr)c1. The largest absolute Gasteiger partial charge is 0.313 e. The molecule has 1 rings (SSSR count). The van der Waals surface area contributed by atoms with Gasteiger partial charge < -0.3 is 5.32 Å². The highest BCUT2D eigenvalue weighted by Crippen LogP contribution is 2.14. The molecule has 96 valence electrons. The minimum atomic E-state index is -0.187. The molecule has 0 amide bonds. The standard InChI is InChI=1S/C13H18Br2FN/c14-5-3-1-2-4-6-17-10-11-7-12(15)9-13(16)8-11/h7-9,17H,1-6,10H2. The molecule has 0 aliphatic rings. The summed E-state index contributed by atoms with van der Waals surface area (Å²) in [5, 5.41) is 4.43. The predicted molar refractivity (Wildman–Crippen MR) is 78.1 cm³/mol. The number of alkyl halides is 1. The first-order chi connectivity index (χ1) is 8.22. The van der Waals surface area contributed by atoms with Crippen LogP contribution in [0.3, 0.4) is 0 Å². The predicted octanol–water partition coefficient (Wildman–Crippen LogP) is 4.63. The van der Waals surface area contributed by atoms with Crippen LogP contribution in [0, 0.1) is 5.82 Å². The fourth-order valence-electron chi connectivity index (χ4n) is 1.64. The third-order valence-corrected chi connectivity index (χ3v) is 3.51. The van der Waals surface area contributed by atoms with E-state index < -0.39 is 0 Å². The van der Waals surface area contributed by atoms with Gasteiger partial charge in [0.1, 0.15) is 5.82 Å². The third-order valence-electron chi connectivity index (χ3n) is 2.49. The Morgan fingerprint density at radius 2 is 1.82 bits per heavy atom. The molecular weight excluding hydrogens is 349 g/mol. The van der Waals surface area contributed by atoms with Crippen molar-refractivity contribution in [2.45, 2.75) is 32.2 Å². The summed E-state index contributed by atoms with van der Waals surface area (Å²) in [6, 6.07) is 4.99. The van der Waals surface area contributed by atoms with Crippen LogP contribution >= 0.6 is 31.9 Å². The van der Waals surface area contributed by atoms with Gasteiger partial charge in [0.2, 0.25) is 0 Å². The Kier molecular flexibility index (Phi) is 8.06. The molecule has 0 unspecified atom stereocenters. The lowest BCUT2D eigenvalue weighted by Crippen LogP contribution is -2.14. The van der Waals surface area contributed by atoms with Crippen molar-refractivity contribution in [3.05, 3.63) is 34.1 Å². The molecule has 0 bridgehead atoms.